The molecule has 0 heterocycles. The van der Waals surface area contributed by atoms with E-state index in [9.17, 15) is 14.3 Å². The van der Waals surface area contributed by atoms with Gasteiger partial charge in [-0.3, -0.25) is 9.36 Å². The van der Waals surface area contributed by atoms with Crippen LogP contribution in [0.5, 0.6) is 0 Å². The minimum atomic E-state index is -3.42. The molecule has 0 saturated heterocycles. The molecule has 0 aromatic heterocycles. The van der Waals surface area contributed by atoms with Gasteiger partial charge >= 0.3 is 5.97 Å². The molecule has 152 valence electrons. The van der Waals surface area contributed by atoms with E-state index in [1.165, 1.54) is 0 Å². The molecule has 0 amide bonds. The van der Waals surface area contributed by atoms with Crippen LogP contribution >= 0.6 is 7.37 Å². The van der Waals surface area contributed by atoms with Gasteiger partial charge < -0.3 is 9.63 Å². The predicted molar refractivity (Wildman–Crippen MR) is 114 cm³/mol. The average Bonchev–Trinajstić information content (AvgIpc) is 2.66. The van der Waals surface area contributed by atoms with Crippen molar-refractivity contribution in [2.45, 2.75) is 39.7 Å². The second kappa shape index (κ2) is 11.2. The molecule has 0 fully saturated rings. The van der Waals surface area contributed by atoms with Crippen LogP contribution in [0, 0.1) is 11.8 Å². The van der Waals surface area contributed by atoms with E-state index in [2.05, 4.69) is 6.92 Å². The van der Waals surface area contributed by atoms with E-state index in [1.54, 1.807) is 0 Å². The number of benzene rings is 2. The summed E-state index contributed by atoms with van der Waals surface area (Å²) in [7, 11) is -3.42. The van der Waals surface area contributed by atoms with Crippen molar-refractivity contribution in [3.05, 3.63) is 71.8 Å². The van der Waals surface area contributed by atoms with Crippen molar-refractivity contribution < 1.29 is 19.0 Å². The van der Waals surface area contributed by atoms with Crippen molar-refractivity contribution >= 4 is 13.3 Å². The van der Waals surface area contributed by atoms with Crippen LogP contribution in [-0.2, 0) is 27.1 Å². The number of carbonyl (C=O) groups is 1. The van der Waals surface area contributed by atoms with Crippen LogP contribution in [0.4, 0.5) is 0 Å². The zero-order valence-corrected chi connectivity index (χ0v) is 17.7. The van der Waals surface area contributed by atoms with E-state index in [1.807, 2.05) is 67.6 Å². The molecule has 5 heteroatoms. The van der Waals surface area contributed by atoms with Gasteiger partial charge in [0.25, 0.3) is 0 Å². The average molecular weight is 402 g/mol. The number of ether oxygens (including phenoxy) is 1. The number of carbonyl (C=O) groups excluding carboxylic acids is 1. The number of hydrogen-bond donors (Lipinski definition) is 1. The molecule has 0 aliphatic heterocycles. The van der Waals surface area contributed by atoms with Crippen LogP contribution in [0.3, 0.4) is 0 Å². The molecule has 3 unspecified atom stereocenters. The summed E-state index contributed by atoms with van der Waals surface area (Å²) in [4.78, 5) is 23.3. The quantitative estimate of drug-likeness (QED) is 0.409. The van der Waals surface area contributed by atoms with E-state index in [0.29, 0.717) is 6.42 Å². The van der Waals surface area contributed by atoms with Gasteiger partial charge in [-0.1, -0.05) is 87.4 Å². The molecule has 0 aliphatic rings. The maximum Gasteiger partial charge on any atom is 0.310 e. The lowest BCUT2D eigenvalue weighted by atomic mass is 10.0. The summed E-state index contributed by atoms with van der Waals surface area (Å²) >= 11 is 0. The molecule has 0 aliphatic carbocycles. The molecule has 2 rings (SSSR count). The molecule has 3 atom stereocenters. The molecule has 0 spiro atoms. The molecular weight excluding hydrogens is 371 g/mol. The van der Waals surface area contributed by atoms with E-state index < -0.39 is 19.3 Å². The summed E-state index contributed by atoms with van der Waals surface area (Å²) in [5, 5.41) is 0. The van der Waals surface area contributed by atoms with Gasteiger partial charge in [-0.15, -0.1) is 0 Å². The van der Waals surface area contributed by atoms with Gasteiger partial charge in [0.05, 0.1) is 5.92 Å². The van der Waals surface area contributed by atoms with Gasteiger partial charge in [0.1, 0.15) is 6.61 Å². The Morgan fingerprint density at radius 2 is 1.57 bits per heavy atom. The van der Waals surface area contributed by atoms with Crippen LogP contribution in [0.25, 0.3) is 0 Å². The van der Waals surface area contributed by atoms with Gasteiger partial charge in [0, 0.05) is 12.3 Å². The van der Waals surface area contributed by atoms with Crippen molar-refractivity contribution in [3.8, 4) is 0 Å². The topological polar surface area (TPSA) is 63.6 Å². The highest BCUT2D eigenvalue weighted by Gasteiger charge is 2.31. The lowest BCUT2D eigenvalue weighted by molar-refractivity contribution is -0.149. The second-order valence-corrected chi connectivity index (χ2v) is 10.0. The summed E-state index contributed by atoms with van der Waals surface area (Å²) in [5.74, 6) is -0.876. The summed E-state index contributed by atoms with van der Waals surface area (Å²) in [5.41, 5.74) is 1.86. The Kier molecular flexibility index (Phi) is 8.95. The first-order valence-electron chi connectivity index (χ1n) is 9.95. The van der Waals surface area contributed by atoms with E-state index in [0.717, 1.165) is 24.0 Å². The zero-order valence-electron chi connectivity index (χ0n) is 16.8. The SMILES string of the molecule is CCCC(C)CP(=O)(O)CC(Cc1ccccc1)C(=O)OCc1ccccc1. The van der Waals surface area contributed by atoms with E-state index in [-0.39, 0.29) is 24.8 Å². The van der Waals surface area contributed by atoms with Crippen LogP contribution in [0.15, 0.2) is 60.7 Å². The third-order valence-electron chi connectivity index (χ3n) is 4.77. The second-order valence-electron chi connectivity index (χ2n) is 7.59. The molecule has 2 aromatic rings. The summed E-state index contributed by atoms with van der Waals surface area (Å²) in [6.45, 7) is 4.23. The fourth-order valence-corrected chi connectivity index (χ4v) is 5.73. The van der Waals surface area contributed by atoms with Gasteiger partial charge in [0.15, 0.2) is 0 Å². The zero-order chi connectivity index (χ0) is 20.4. The van der Waals surface area contributed by atoms with Crippen molar-refractivity contribution in [3.63, 3.8) is 0 Å². The minimum absolute atomic E-state index is 0.0381. The first-order chi connectivity index (χ1) is 13.4. The number of rotatable bonds is 11. The first-order valence-corrected chi connectivity index (χ1v) is 12.0. The summed E-state index contributed by atoms with van der Waals surface area (Å²) < 4.78 is 18.3. The smallest absolute Gasteiger partial charge is 0.310 e. The molecule has 0 bridgehead atoms. The monoisotopic (exact) mass is 402 g/mol. The van der Waals surface area contributed by atoms with Gasteiger partial charge in [-0.2, -0.15) is 0 Å². The van der Waals surface area contributed by atoms with Gasteiger partial charge in [0.2, 0.25) is 7.37 Å². The highest BCUT2D eigenvalue weighted by atomic mass is 31.2. The Morgan fingerprint density at radius 1 is 1.00 bits per heavy atom. The normalized spacial score (nSPS) is 15.4. The summed E-state index contributed by atoms with van der Waals surface area (Å²) in [6.07, 6.45) is 2.50. The number of esters is 1. The Hall–Kier alpha value is -1.90. The van der Waals surface area contributed by atoms with Crippen molar-refractivity contribution in [2.24, 2.45) is 11.8 Å². The third-order valence-corrected chi connectivity index (χ3v) is 6.97. The fourth-order valence-electron chi connectivity index (χ4n) is 3.46. The third kappa shape index (κ3) is 8.00. The Bertz CT molecular complexity index is 761. The van der Waals surface area contributed by atoms with Crippen molar-refractivity contribution in [1.29, 1.82) is 0 Å². The number of hydrogen-bond acceptors (Lipinski definition) is 3. The first kappa shape index (κ1) is 22.4. The minimum Gasteiger partial charge on any atom is -0.461 e. The predicted octanol–water partition coefficient (Wildman–Crippen LogP) is 5.30. The van der Waals surface area contributed by atoms with Crippen LogP contribution in [-0.4, -0.2) is 23.2 Å². The van der Waals surface area contributed by atoms with Gasteiger partial charge in [-0.25, -0.2) is 0 Å². The van der Waals surface area contributed by atoms with Gasteiger partial charge in [-0.05, 0) is 23.5 Å². The molecule has 0 saturated carbocycles. The fraction of sp³-hybridized carbons (Fsp3) is 0.435. The Labute approximate surface area is 168 Å². The van der Waals surface area contributed by atoms with Crippen molar-refractivity contribution in [2.75, 3.05) is 12.3 Å². The highest BCUT2D eigenvalue weighted by molar-refractivity contribution is 7.58. The molecular formula is C23H31O4P. The van der Waals surface area contributed by atoms with E-state index >= 15 is 0 Å². The molecule has 4 nitrogen and oxygen atoms in total. The molecule has 2 aromatic carbocycles. The standard InChI is InChI=1S/C23H31O4P/c1-3-10-19(2)17-28(25,26)18-22(15-20-11-6-4-7-12-20)23(24)27-16-21-13-8-5-9-14-21/h4-9,11-14,19,22H,3,10,15-18H2,1-2H3,(H,25,26). The largest absolute Gasteiger partial charge is 0.461 e. The Morgan fingerprint density at radius 3 is 2.14 bits per heavy atom. The Balaban J connectivity index is 2.07. The summed E-state index contributed by atoms with van der Waals surface area (Å²) in [6, 6.07) is 19.1. The molecule has 1 N–H and O–H groups in total. The lowest BCUT2D eigenvalue weighted by Gasteiger charge is -2.22. The maximum absolute atomic E-state index is 12.8. The van der Waals surface area contributed by atoms with Crippen LogP contribution < -0.4 is 0 Å². The maximum atomic E-state index is 12.8. The van der Waals surface area contributed by atoms with E-state index in [4.69, 9.17) is 4.74 Å². The molecule has 0 radical (unpaired) electrons. The molecule has 28 heavy (non-hydrogen) atoms. The van der Waals surface area contributed by atoms with Crippen molar-refractivity contribution in [1.82, 2.24) is 0 Å². The highest BCUT2D eigenvalue weighted by Crippen LogP contribution is 2.45. The van der Waals surface area contributed by atoms with Crippen LogP contribution in [0.1, 0.15) is 37.8 Å². The van der Waals surface area contributed by atoms with Crippen LogP contribution in [0.2, 0.25) is 0 Å². The lowest BCUT2D eigenvalue weighted by Crippen LogP contribution is -2.25.